The maximum absolute atomic E-state index is 11.4. The topological polar surface area (TPSA) is 86.6 Å². The van der Waals surface area contributed by atoms with Gasteiger partial charge in [0.2, 0.25) is 0 Å². The molecular weight excluding hydrogens is 266 g/mol. The summed E-state index contributed by atoms with van der Waals surface area (Å²) in [5, 5.41) is 22.4. The molecule has 2 atom stereocenters. The Labute approximate surface area is 115 Å². The van der Waals surface area contributed by atoms with Gasteiger partial charge in [0.1, 0.15) is 6.10 Å². The minimum absolute atomic E-state index is 0.102. The molecule has 1 aromatic rings. The first-order chi connectivity index (χ1) is 8.99. The Morgan fingerprint density at radius 3 is 2.89 bits per heavy atom. The highest BCUT2D eigenvalue weighted by molar-refractivity contribution is 8.13. The van der Waals surface area contributed by atoms with Gasteiger partial charge in [0.05, 0.1) is 6.10 Å². The van der Waals surface area contributed by atoms with Gasteiger partial charge in [0, 0.05) is 24.8 Å². The van der Waals surface area contributed by atoms with E-state index in [1.165, 1.54) is 6.92 Å². The van der Waals surface area contributed by atoms with Crippen LogP contribution in [0.1, 0.15) is 34.5 Å². The van der Waals surface area contributed by atoms with Crippen molar-refractivity contribution in [2.24, 2.45) is 0 Å². The summed E-state index contributed by atoms with van der Waals surface area (Å²) in [6, 6.07) is 4.97. The molecule has 1 aromatic carbocycles. The van der Waals surface area contributed by atoms with E-state index in [-0.39, 0.29) is 16.8 Å². The van der Waals surface area contributed by atoms with Crippen molar-refractivity contribution in [2.45, 2.75) is 25.7 Å². The molecule has 1 amide bonds. The minimum Gasteiger partial charge on any atom is -0.389 e. The Hall–Kier alpha value is -1.37. The maximum atomic E-state index is 11.4. The largest absolute Gasteiger partial charge is 0.389 e. The predicted octanol–water partition coefficient (Wildman–Crippen LogP) is 0.604. The molecule has 2 unspecified atom stereocenters. The number of aliphatic hydroxyl groups is 2. The number of thioether (sulfide) groups is 1. The van der Waals surface area contributed by atoms with E-state index in [1.54, 1.807) is 18.2 Å². The number of hydrogen-bond acceptors (Lipinski definition) is 5. The number of nitrogens with one attached hydrogen (secondary N) is 1. The lowest BCUT2D eigenvalue weighted by Crippen LogP contribution is -2.21. The van der Waals surface area contributed by atoms with Crippen LogP contribution in [0.25, 0.3) is 0 Å². The first kappa shape index (κ1) is 14.0. The summed E-state index contributed by atoms with van der Waals surface area (Å²) >= 11 is 0.973. The maximum Gasteiger partial charge on any atom is 0.251 e. The summed E-state index contributed by atoms with van der Waals surface area (Å²) in [4.78, 5) is 22.2. The molecule has 0 radical (unpaired) electrons. The summed E-state index contributed by atoms with van der Waals surface area (Å²) in [6.45, 7) is 1.85. The van der Waals surface area contributed by atoms with Crippen LogP contribution in [-0.4, -0.2) is 33.1 Å². The smallest absolute Gasteiger partial charge is 0.251 e. The van der Waals surface area contributed by atoms with Crippen LogP contribution in [0.4, 0.5) is 0 Å². The van der Waals surface area contributed by atoms with Crippen LogP contribution in [0.15, 0.2) is 18.2 Å². The minimum atomic E-state index is -1.06. The normalized spacial score (nSPS) is 16.7. The van der Waals surface area contributed by atoms with Gasteiger partial charge in [0.15, 0.2) is 5.12 Å². The van der Waals surface area contributed by atoms with Gasteiger partial charge in [-0.3, -0.25) is 9.59 Å². The van der Waals surface area contributed by atoms with Crippen LogP contribution in [0.5, 0.6) is 0 Å². The van der Waals surface area contributed by atoms with Crippen LogP contribution in [0, 0.1) is 0 Å². The zero-order valence-electron chi connectivity index (χ0n) is 10.4. The second-order valence-corrected chi connectivity index (χ2v) is 5.61. The molecule has 0 spiro atoms. The highest BCUT2D eigenvalue weighted by Gasteiger charge is 2.23. The van der Waals surface area contributed by atoms with Gasteiger partial charge in [-0.25, -0.2) is 0 Å². The van der Waals surface area contributed by atoms with Gasteiger partial charge in [-0.2, -0.15) is 0 Å². The molecule has 1 aliphatic rings. The van der Waals surface area contributed by atoms with E-state index in [9.17, 15) is 19.8 Å². The van der Waals surface area contributed by atoms with E-state index in [2.05, 4.69) is 5.32 Å². The van der Waals surface area contributed by atoms with Crippen LogP contribution < -0.4 is 5.32 Å². The summed E-state index contributed by atoms with van der Waals surface area (Å²) in [7, 11) is 0. The van der Waals surface area contributed by atoms with Crippen molar-refractivity contribution in [3.8, 4) is 0 Å². The number of fused-ring (bicyclic) bond motifs is 1. The van der Waals surface area contributed by atoms with Gasteiger partial charge in [0.25, 0.3) is 5.91 Å². The van der Waals surface area contributed by atoms with E-state index >= 15 is 0 Å². The van der Waals surface area contributed by atoms with Gasteiger partial charge >= 0.3 is 0 Å². The third-order valence-corrected chi connectivity index (χ3v) is 3.89. The number of amides is 1. The Morgan fingerprint density at radius 1 is 1.47 bits per heavy atom. The second kappa shape index (κ2) is 5.73. The quantitative estimate of drug-likeness (QED) is 0.752. The van der Waals surface area contributed by atoms with E-state index in [1.807, 2.05) is 0 Å². The Bertz CT molecular complexity index is 517. The van der Waals surface area contributed by atoms with E-state index < -0.39 is 12.2 Å². The zero-order chi connectivity index (χ0) is 14.0. The van der Waals surface area contributed by atoms with Gasteiger partial charge in [-0.15, -0.1) is 0 Å². The molecule has 0 saturated carbocycles. The number of rotatable bonds is 4. The molecule has 1 aliphatic heterocycles. The summed E-state index contributed by atoms with van der Waals surface area (Å²) in [5.74, 6) is 0.0221. The number of carbonyl (C=O) groups is 2. The number of hydrogen-bond donors (Lipinski definition) is 3. The predicted molar refractivity (Wildman–Crippen MR) is 71.7 cm³/mol. The molecule has 1 heterocycles. The van der Waals surface area contributed by atoms with Crippen LogP contribution >= 0.6 is 11.8 Å². The Balaban J connectivity index is 2.09. The fourth-order valence-electron chi connectivity index (χ4n) is 1.95. The highest BCUT2D eigenvalue weighted by atomic mass is 32.2. The molecule has 102 valence electrons. The molecule has 2 rings (SSSR count). The summed E-state index contributed by atoms with van der Waals surface area (Å²) < 4.78 is 0. The Kier molecular flexibility index (Phi) is 4.24. The number of benzene rings is 1. The molecule has 0 aliphatic carbocycles. The van der Waals surface area contributed by atoms with Gasteiger partial charge < -0.3 is 15.5 Å². The summed E-state index contributed by atoms with van der Waals surface area (Å²) in [5.41, 5.74) is 1.96. The number of aliphatic hydroxyl groups excluding tert-OH is 2. The molecule has 0 fully saturated rings. The van der Waals surface area contributed by atoms with Crippen molar-refractivity contribution >= 4 is 22.8 Å². The molecule has 6 heteroatoms. The molecular formula is C13H15NO4S. The average Bonchev–Trinajstić information content (AvgIpc) is 2.76. The molecule has 19 heavy (non-hydrogen) atoms. The molecule has 0 saturated heterocycles. The first-order valence-electron chi connectivity index (χ1n) is 5.89. The third kappa shape index (κ3) is 3.15. The SMILES string of the molecule is CC(=O)SCC(O)C(O)c1ccc2c(c1)CNC2=O. The fourth-order valence-corrected chi connectivity index (χ4v) is 2.54. The van der Waals surface area contributed by atoms with Crippen molar-refractivity contribution in [3.05, 3.63) is 34.9 Å². The van der Waals surface area contributed by atoms with Crippen LogP contribution in [0.2, 0.25) is 0 Å². The van der Waals surface area contributed by atoms with Crippen molar-refractivity contribution in [2.75, 3.05) is 5.75 Å². The van der Waals surface area contributed by atoms with E-state index in [0.29, 0.717) is 17.7 Å². The second-order valence-electron chi connectivity index (χ2n) is 4.41. The van der Waals surface area contributed by atoms with Crippen molar-refractivity contribution < 1.29 is 19.8 Å². The molecule has 0 bridgehead atoms. The lowest BCUT2D eigenvalue weighted by Gasteiger charge is -2.17. The summed E-state index contributed by atoms with van der Waals surface area (Å²) in [6.07, 6.45) is -2.08. The molecule has 0 aromatic heterocycles. The average molecular weight is 281 g/mol. The highest BCUT2D eigenvalue weighted by Crippen LogP contribution is 2.24. The molecule has 5 nitrogen and oxygen atoms in total. The van der Waals surface area contributed by atoms with Crippen LogP contribution in [-0.2, 0) is 11.3 Å². The van der Waals surface area contributed by atoms with Crippen molar-refractivity contribution in [3.63, 3.8) is 0 Å². The lowest BCUT2D eigenvalue weighted by atomic mass is 10.00. The van der Waals surface area contributed by atoms with E-state index in [0.717, 1.165) is 17.3 Å². The molecule has 3 N–H and O–H groups in total. The van der Waals surface area contributed by atoms with Crippen LogP contribution in [0.3, 0.4) is 0 Å². The van der Waals surface area contributed by atoms with Gasteiger partial charge in [-0.1, -0.05) is 23.9 Å². The third-order valence-electron chi connectivity index (χ3n) is 2.98. The lowest BCUT2D eigenvalue weighted by molar-refractivity contribution is -0.109. The standard InChI is InChI=1S/C13H15NO4S/c1-7(15)19-6-11(16)12(17)8-2-3-10-9(4-8)5-14-13(10)18/h2-4,11-12,16-17H,5-6H2,1H3,(H,14,18). The first-order valence-corrected chi connectivity index (χ1v) is 6.88. The Morgan fingerprint density at radius 2 is 2.21 bits per heavy atom. The van der Waals surface area contributed by atoms with Gasteiger partial charge in [-0.05, 0) is 17.2 Å². The van der Waals surface area contributed by atoms with E-state index in [4.69, 9.17) is 0 Å². The number of carbonyl (C=O) groups excluding carboxylic acids is 2. The van der Waals surface area contributed by atoms with Crippen molar-refractivity contribution in [1.29, 1.82) is 0 Å². The van der Waals surface area contributed by atoms with Crippen molar-refractivity contribution in [1.82, 2.24) is 5.32 Å². The zero-order valence-corrected chi connectivity index (χ0v) is 11.2. The monoisotopic (exact) mass is 281 g/mol. The fraction of sp³-hybridized carbons (Fsp3) is 0.385.